The van der Waals surface area contributed by atoms with Crippen LogP contribution in [0.2, 0.25) is 0 Å². The van der Waals surface area contributed by atoms with Gasteiger partial charge in [0, 0.05) is 19.2 Å². The summed E-state index contributed by atoms with van der Waals surface area (Å²) < 4.78 is 0. The fraction of sp³-hybridized carbons (Fsp3) is 0.462. The van der Waals surface area contributed by atoms with Gasteiger partial charge in [0.2, 0.25) is 0 Å². The Bertz CT molecular complexity index is 354. The third-order valence-corrected chi connectivity index (χ3v) is 2.99. The van der Waals surface area contributed by atoms with Crippen LogP contribution in [-0.4, -0.2) is 17.8 Å². The minimum atomic E-state index is 0.434. The van der Waals surface area contributed by atoms with E-state index in [9.17, 15) is 0 Å². The molecule has 1 atom stereocenters. The number of hydrazone groups is 1. The highest BCUT2D eigenvalue weighted by Crippen LogP contribution is 2.30. The Morgan fingerprint density at radius 1 is 1.27 bits per heavy atom. The summed E-state index contributed by atoms with van der Waals surface area (Å²) in [6.07, 6.45) is 1.07. The molecule has 0 aromatic heterocycles. The molecule has 0 fully saturated rings. The molecule has 1 aromatic carbocycles. The molecule has 0 saturated carbocycles. The van der Waals surface area contributed by atoms with Crippen molar-refractivity contribution in [2.75, 3.05) is 7.05 Å². The first-order valence-corrected chi connectivity index (χ1v) is 5.53. The summed E-state index contributed by atoms with van der Waals surface area (Å²) in [6, 6.07) is 11.0. The number of hydrogen-bond donors (Lipinski definition) is 0. The van der Waals surface area contributed by atoms with Crippen molar-refractivity contribution in [3.8, 4) is 0 Å². The molecule has 1 aromatic rings. The van der Waals surface area contributed by atoms with Gasteiger partial charge in [0.15, 0.2) is 0 Å². The minimum Gasteiger partial charge on any atom is -0.292 e. The molecule has 0 N–H and O–H groups in total. The molecule has 0 bridgehead atoms. The molecule has 2 heteroatoms. The average Bonchev–Trinajstić information content (AvgIpc) is 2.62. The maximum Gasteiger partial charge on any atom is 0.0769 e. The second kappa shape index (κ2) is 4.05. The Kier molecular flexibility index (Phi) is 2.76. The Balaban J connectivity index is 2.16. The van der Waals surface area contributed by atoms with E-state index in [-0.39, 0.29) is 0 Å². The van der Waals surface area contributed by atoms with E-state index in [1.54, 1.807) is 0 Å². The highest BCUT2D eigenvalue weighted by Gasteiger charge is 2.26. The topological polar surface area (TPSA) is 15.6 Å². The maximum atomic E-state index is 4.60. The second-order valence-corrected chi connectivity index (χ2v) is 4.45. The quantitative estimate of drug-likeness (QED) is 0.719. The van der Waals surface area contributed by atoms with Crippen molar-refractivity contribution in [2.45, 2.75) is 26.3 Å². The first-order valence-electron chi connectivity index (χ1n) is 5.53. The molecule has 0 saturated heterocycles. The monoisotopic (exact) mass is 202 g/mol. The van der Waals surface area contributed by atoms with E-state index in [4.69, 9.17) is 0 Å². The van der Waals surface area contributed by atoms with Crippen LogP contribution < -0.4 is 0 Å². The summed E-state index contributed by atoms with van der Waals surface area (Å²) in [5, 5.41) is 6.68. The lowest BCUT2D eigenvalue weighted by Gasteiger charge is -2.18. The number of benzene rings is 1. The van der Waals surface area contributed by atoms with Crippen molar-refractivity contribution in [1.29, 1.82) is 0 Å². The van der Waals surface area contributed by atoms with E-state index in [0.717, 1.165) is 6.42 Å². The fourth-order valence-corrected chi connectivity index (χ4v) is 2.00. The van der Waals surface area contributed by atoms with Crippen molar-refractivity contribution in [3.63, 3.8) is 0 Å². The molecule has 0 amide bonds. The van der Waals surface area contributed by atoms with Crippen LogP contribution >= 0.6 is 0 Å². The minimum absolute atomic E-state index is 0.434. The van der Waals surface area contributed by atoms with Crippen molar-refractivity contribution in [1.82, 2.24) is 5.01 Å². The summed E-state index contributed by atoms with van der Waals surface area (Å²) in [6.45, 7) is 4.42. The molecule has 1 unspecified atom stereocenters. The molecular weight excluding hydrogens is 184 g/mol. The van der Waals surface area contributed by atoms with Gasteiger partial charge in [-0.15, -0.1) is 0 Å². The Morgan fingerprint density at radius 2 is 1.93 bits per heavy atom. The normalized spacial score (nSPS) is 20.9. The third kappa shape index (κ3) is 2.04. The lowest BCUT2D eigenvalue weighted by atomic mass is 9.97. The summed E-state index contributed by atoms with van der Waals surface area (Å²) in [5.74, 6) is 0.557. The van der Waals surface area contributed by atoms with Crippen LogP contribution in [0.15, 0.2) is 35.4 Å². The molecule has 0 radical (unpaired) electrons. The van der Waals surface area contributed by atoms with Gasteiger partial charge in [0.05, 0.1) is 6.04 Å². The van der Waals surface area contributed by atoms with E-state index in [0.29, 0.717) is 12.0 Å². The zero-order chi connectivity index (χ0) is 10.8. The maximum absolute atomic E-state index is 4.60. The molecule has 80 valence electrons. The Labute approximate surface area is 91.6 Å². The average molecular weight is 202 g/mol. The van der Waals surface area contributed by atoms with Crippen LogP contribution in [0.4, 0.5) is 0 Å². The van der Waals surface area contributed by atoms with Crippen LogP contribution in [0.3, 0.4) is 0 Å². The molecule has 2 nitrogen and oxygen atoms in total. The van der Waals surface area contributed by atoms with Gasteiger partial charge in [-0.25, -0.2) is 0 Å². The van der Waals surface area contributed by atoms with Crippen LogP contribution in [0, 0.1) is 5.92 Å². The highest BCUT2D eigenvalue weighted by molar-refractivity contribution is 5.87. The van der Waals surface area contributed by atoms with Crippen molar-refractivity contribution < 1.29 is 0 Å². The third-order valence-electron chi connectivity index (χ3n) is 2.99. The van der Waals surface area contributed by atoms with Crippen LogP contribution in [0.25, 0.3) is 0 Å². The van der Waals surface area contributed by atoms with Gasteiger partial charge < -0.3 is 0 Å². The van der Waals surface area contributed by atoms with E-state index in [1.807, 2.05) is 0 Å². The Hall–Kier alpha value is -1.31. The summed E-state index contributed by atoms with van der Waals surface area (Å²) in [4.78, 5) is 0. The van der Waals surface area contributed by atoms with Gasteiger partial charge in [-0.2, -0.15) is 5.10 Å². The van der Waals surface area contributed by atoms with E-state index in [1.165, 1.54) is 11.3 Å². The van der Waals surface area contributed by atoms with Gasteiger partial charge >= 0.3 is 0 Å². The number of hydrogen-bond acceptors (Lipinski definition) is 2. The highest BCUT2D eigenvalue weighted by atomic mass is 15.5. The van der Waals surface area contributed by atoms with Gasteiger partial charge in [0.25, 0.3) is 0 Å². The molecule has 15 heavy (non-hydrogen) atoms. The van der Waals surface area contributed by atoms with Gasteiger partial charge in [0.1, 0.15) is 0 Å². The van der Waals surface area contributed by atoms with Gasteiger partial charge in [-0.1, -0.05) is 44.2 Å². The first-order chi connectivity index (χ1) is 7.18. The van der Waals surface area contributed by atoms with Crippen molar-refractivity contribution in [3.05, 3.63) is 35.9 Å². The molecule has 1 aliphatic rings. The summed E-state index contributed by atoms with van der Waals surface area (Å²) in [5.41, 5.74) is 2.67. The van der Waals surface area contributed by atoms with Crippen LogP contribution in [0.5, 0.6) is 0 Å². The summed E-state index contributed by atoms with van der Waals surface area (Å²) >= 11 is 0. The molecule has 2 rings (SSSR count). The standard InChI is InChI=1S/C13H18N2/c1-10(2)12-9-13(15(3)14-12)11-7-5-4-6-8-11/h4-8,10,13H,9H2,1-3H3. The molecule has 0 aliphatic carbocycles. The predicted molar refractivity (Wildman–Crippen MR) is 63.8 cm³/mol. The second-order valence-electron chi connectivity index (χ2n) is 4.45. The number of nitrogens with zero attached hydrogens (tertiary/aromatic N) is 2. The zero-order valence-corrected chi connectivity index (χ0v) is 9.64. The van der Waals surface area contributed by atoms with E-state index >= 15 is 0 Å². The van der Waals surface area contributed by atoms with Gasteiger partial charge in [-0.3, -0.25) is 5.01 Å². The molecule has 0 spiro atoms. The fourth-order valence-electron chi connectivity index (χ4n) is 2.00. The van der Waals surface area contributed by atoms with Crippen molar-refractivity contribution in [2.24, 2.45) is 11.0 Å². The molecular formula is C13H18N2. The van der Waals surface area contributed by atoms with Crippen LogP contribution in [-0.2, 0) is 0 Å². The van der Waals surface area contributed by atoms with Gasteiger partial charge in [-0.05, 0) is 11.5 Å². The zero-order valence-electron chi connectivity index (χ0n) is 9.64. The van der Waals surface area contributed by atoms with E-state index in [2.05, 4.69) is 61.3 Å². The van der Waals surface area contributed by atoms with E-state index < -0.39 is 0 Å². The first kappa shape index (κ1) is 10.2. The number of rotatable bonds is 2. The molecule has 1 aliphatic heterocycles. The summed E-state index contributed by atoms with van der Waals surface area (Å²) in [7, 11) is 2.06. The predicted octanol–water partition coefficient (Wildman–Crippen LogP) is 3.08. The van der Waals surface area contributed by atoms with Crippen LogP contribution in [0.1, 0.15) is 31.9 Å². The lowest BCUT2D eigenvalue weighted by molar-refractivity contribution is 0.290. The molecule has 1 heterocycles. The van der Waals surface area contributed by atoms with Crippen molar-refractivity contribution >= 4 is 5.71 Å². The SMILES string of the molecule is CC(C)C1=NN(C)C(c2ccccc2)C1. The lowest BCUT2D eigenvalue weighted by Crippen LogP contribution is -2.13. The Morgan fingerprint density at radius 3 is 2.47 bits per heavy atom. The smallest absolute Gasteiger partial charge is 0.0769 e. The largest absolute Gasteiger partial charge is 0.292 e.